The maximum Gasteiger partial charge on any atom is 0.157 e. The lowest BCUT2D eigenvalue weighted by atomic mass is 10.1. The number of benzene rings is 1. The van der Waals surface area contributed by atoms with Crippen LogP contribution in [0.4, 0.5) is 0 Å². The summed E-state index contributed by atoms with van der Waals surface area (Å²) < 4.78 is 28.6. The highest BCUT2D eigenvalue weighted by Gasteiger charge is 2.30. The molecule has 0 heterocycles. The van der Waals surface area contributed by atoms with Gasteiger partial charge in [0.25, 0.3) is 0 Å². The Bertz CT molecular complexity index is 542. The van der Waals surface area contributed by atoms with Gasteiger partial charge < -0.3 is 9.84 Å². The molecule has 0 spiro atoms. The summed E-state index contributed by atoms with van der Waals surface area (Å²) in [5.41, 5.74) is 0.472. The molecule has 0 saturated carbocycles. The maximum absolute atomic E-state index is 11.8. The van der Waals surface area contributed by atoms with E-state index in [2.05, 4.69) is 5.92 Å². The fourth-order valence-electron chi connectivity index (χ4n) is 1.80. The van der Waals surface area contributed by atoms with E-state index in [9.17, 15) is 13.5 Å². The van der Waals surface area contributed by atoms with E-state index in [1.165, 1.54) is 7.11 Å². The molecule has 2 atom stereocenters. The first-order valence-corrected chi connectivity index (χ1v) is 7.30. The zero-order valence-corrected chi connectivity index (χ0v) is 11.1. The van der Waals surface area contributed by atoms with Gasteiger partial charge in [0.1, 0.15) is 11.0 Å². The van der Waals surface area contributed by atoms with Crippen LogP contribution in [-0.4, -0.2) is 33.0 Å². The lowest BCUT2D eigenvalue weighted by molar-refractivity contribution is 0.174. The highest BCUT2D eigenvalue weighted by atomic mass is 32.2. The van der Waals surface area contributed by atoms with Gasteiger partial charge in [-0.2, -0.15) is 0 Å². The summed E-state index contributed by atoms with van der Waals surface area (Å²) in [6.45, 7) is 0. The average Bonchev–Trinajstić information content (AvgIpc) is 2.28. The Balaban J connectivity index is 3.22. The zero-order chi connectivity index (χ0) is 13.8. The summed E-state index contributed by atoms with van der Waals surface area (Å²) in [7, 11) is -1.97. The Morgan fingerprint density at radius 1 is 1.50 bits per heavy atom. The van der Waals surface area contributed by atoms with E-state index >= 15 is 0 Å². The van der Waals surface area contributed by atoms with Crippen LogP contribution in [-0.2, 0) is 9.84 Å². The molecule has 5 heteroatoms. The molecular formula is C13H16O4S. The largest absolute Gasteiger partial charge is 0.497 e. The highest BCUT2D eigenvalue weighted by molar-refractivity contribution is 7.91. The number of sulfone groups is 1. The van der Waals surface area contributed by atoms with Crippen LogP contribution in [0.25, 0.3) is 0 Å². The third-order valence-electron chi connectivity index (χ3n) is 2.56. The van der Waals surface area contributed by atoms with E-state index in [0.717, 1.165) is 6.26 Å². The van der Waals surface area contributed by atoms with E-state index in [1.54, 1.807) is 24.3 Å². The molecule has 0 radical (unpaired) electrons. The van der Waals surface area contributed by atoms with Gasteiger partial charge in [-0.25, -0.2) is 8.42 Å². The molecule has 0 aliphatic heterocycles. The topological polar surface area (TPSA) is 63.6 Å². The molecule has 1 N–H and O–H groups in total. The van der Waals surface area contributed by atoms with Crippen molar-refractivity contribution in [1.29, 1.82) is 0 Å². The monoisotopic (exact) mass is 268 g/mol. The van der Waals surface area contributed by atoms with E-state index in [0.29, 0.717) is 11.3 Å². The van der Waals surface area contributed by atoms with E-state index in [-0.39, 0.29) is 6.42 Å². The second-order valence-electron chi connectivity index (χ2n) is 4.00. The van der Waals surface area contributed by atoms with Gasteiger partial charge in [0, 0.05) is 12.7 Å². The van der Waals surface area contributed by atoms with Gasteiger partial charge >= 0.3 is 0 Å². The Hall–Kier alpha value is -1.51. The average molecular weight is 268 g/mol. The third-order valence-corrected chi connectivity index (χ3v) is 4.07. The van der Waals surface area contributed by atoms with E-state index < -0.39 is 21.2 Å². The third kappa shape index (κ3) is 3.49. The van der Waals surface area contributed by atoms with E-state index in [4.69, 9.17) is 11.2 Å². The van der Waals surface area contributed by atoms with Gasteiger partial charge in [0.2, 0.25) is 0 Å². The lowest BCUT2D eigenvalue weighted by Gasteiger charge is -2.20. The van der Waals surface area contributed by atoms with Crippen molar-refractivity contribution in [1.82, 2.24) is 0 Å². The van der Waals surface area contributed by atoms with Crippen LogP contribution in [0.1, 0.15) is 17.2 Å². The van der Waals surface area contributed by atoms with Gasteiger partial charge in [-0.15, -0.1) is 12.3 Å². The Morgan fingerprint density at radius 2 is 2.17 bits per heavy atom. The molecule has 0 aromatic heterocycles. The fraction of sp³-hybridized carbons (Fsp3) is 0.385. The number of rotatable bonds is 5. The number of terminal acetylenes is 1. The van der Waals surface area contributed by atoms with Crippen molar-refractivity contribution in [2.45, 2.75) is 17.8 Å². The van der Waals surface area contributed by atoms with Gasteiger partial charge in [0.05, 0.1) is 13.2 Å². The molecule has 0 bridgehead atoms. The molecule has 98 valence electrons. The Kier molecular flexibility index (Phi) is 4.76. The summed E-state index contributed by atoms with van der Waals surface area (Å²) in [6, 6.07) is 6.60. The van der Waals surface area contributed by atoms with Crippen molar-refractivity contribution in [2.24, 2.45) is 0 Å². The summed E-state index contributed by atoms with van der Waals surface area (Å²) in [5.74, 6) is 2.81. The van der Waals surface area contributed by atoms with Crippen molar-refractivity contribution >= 4 is 9.84 Å². The second-order valence-corrected chi connectivity index (χ2v) is 6.17. The highest BCUT2D eigenvalue weighted by Crippen LogP contribution is 2.29. The summed E-state index contributed by atoms with van der Waals surface area (Å²) in [5, 5.41) is 8.86. The first-order chi connectivity index (χ1) is 8.40. The molecule has 0 amide bonds. The standard InChI is InChI=1S/C13H16O4S/c1-4-6-12(14)13(18(3,15)16)10-7-5-8-11(9-10)17-2/h1,5,7-9,12-14H,6H2,2-3H3. The molecule has 0 aliphatic rings. The molecule has 4 nitrogen and oxygen atoms in total. The SMILES string of the molecule is C#CCC(O)C(c1cccc(OC)c1)S(C)(=O)=O. The minimum absolute atomic E-state index is 0.0189. The molecule has 1 aromatic rings. The molecule has 2 unspecified atom stereocenters. The molecule has 0 fully saturated rings. The van der Waals surface area contributed by atoms with Crippen LogP contribution in [0.5, 0.6) is 5.75 Å². The normalized spacial score (nSPS) is 14.6. The Morgan fingerprint density at radius 3 is 2.67 bits per heavy atom. The van der Waals surface area contributed by atoms with Crippen molar-refractivity contribution < 1.29 is 18.3 Å². The van der Waals surface area contributed by atoms with Crippen molar-refractivity contribution in [3.63, 3.8) is 0 Å². The molecule has 0 aliphatic carbocycles. The number of hydrogen-bond acceptors (Lipinski definition) is 4. The van der Waals surface area contributed by atoms with Gasteiger partial charge in [-0.05, 0) is 17.7 Å². The fourth-order valence-corrected chi connectivity index (χ4v) is 3.11. The van der Waals surface area contributed by atoms with Crippen LogP contribution in [0.3, 0.4) is 0 Å². The van der Waals surface area contributed by atoms with Gasteiger partial charge in [-0.3, -0.25) is 0 Å². The molecular weight excluding hydrogens is 252 g/mol. The van der Waals surface area contributed by atoms with Crippen LogP contribution < -0.4 is 4.74 Å². The minimum Gasteiger partial charge on any atom is -0.497 e. The van der Waals surface area contributed by atoms with Crippen molar-refractivity contribution in [2.75, 3.05) is 13.4 Å². The Labute approximate surface area is 108 Å². The number of aliphatic hydroxyl groups is 1. The van der Waals surface area contributed by atoms with Crippen LogP contribution in [0, 0.1) is 12.3 Å². The summed E-state index contributed by atoms with van der Waals surface area (Å²) in [6.07, 6.45) is 5.05. The first kappa shape index (κ1) is 14.6. The zero-order valence-electron chi connectivity index (χ0n) is 10.3. The maximum atomic E-state index is 11.8. The summed E-state index contributed by atoms with van der Waals surface area (Å²) >= 11 is 0. The molecule has 0 saturated heterocycles. The molecule has 1 rings (SSSR count). The lowest BCUT2D eigenvalue weighted by Crippen LogP contribution is -2.25. The number of aliphatic hydroxyl groups excluding tert-OH is 1. The number of hydrogen-bond donors (Lipinski definition) is 1. The molecule has 1 aromatic carbocycles. The number of ether oxygens (including phenoxy) is 1. The van der Waals surface area contributed by atoms with Crippen molar-refractivity contribution in [3.8, 4) is 18.1 Å². The predicted octanol–water partition coefficient (Wildman–Crippen LogP) is 1.17. The van der Waals surface area contributed by atoms with Crippen LogP contribution in [0.15, 0.2) is 24.3 Å². The van der Waals surface area contributed by atoms with Crippen LogP contribution in [0.2, 0.25) is 0 Å². The summed E-state index contributed by atoms with van der Waals surface area (Å²) in [4.78, 5) is 0. The van der Waals surface area contributed by atoms with Crippen molar-refractivity contribution in [3.05, 3.63) is 29.8 Å². The van der Waals surface area contributed by atoms with Crippen LogP contribution >= 0.6 is 0 Å². The van der Waals surface area contributed by atoms with Gasteiger partial charge in [0.15, 0.2) is 9.84 Å². The molecule has 18 heavy (non-hydrogen) atoms. The minimum atomic E-state index is -3.47. The first-order valence-electron chi connectivity index (χ1n) is 5.34. The predicted molar refractivity (Wildman–Crippen MR) is 70.0 cm³/mol. The smallest absolute Gasteiger partial charge is 0.157 e. The second kappa shape index (κ2) is 5.89. The van der Waals surface area contributed by atoms with Gasteiger partial charge in [-0.1, -0.05) is 12.1 Å². The number of methoxy groups -OCH3 is 1. The van der Waals surface area contributed by atoms with E-state index in [1.807, 2.05) is 0 Å². The quantitative estimate of drug-likeness (QED) is 0.814.